The van der Waals surface area contributed by atoms with Gasteiger partial charge in [-0.25, -0.2) is 0 Å². The van der Waals surface area contributed by atoms with Crippen molar-refractivity contribution < 1.29 is 9.90 Å². The third-order valence-electron chi connectivity index (χ3n) is 4.29. The fourth-order valence-corrected chi connectivity index (χ4v) is 3.00. The summed E-state index contributed by atoms with van der Waals surface area (Å²) in [5.74, 6) is 0.320. The largest absolute Gasteiger partial charge is 0.387 e. The second kappa shape index (κ2) is 6.53. The molecule has 4 nitrogen and oxygen atoms in total. The molecule has 2 fully saturated rings. The number of hydrogen-bond donors (Lipinski definition) is 3. The van der Waals surface area contributed by atoms with Gasteiger partial charge in [-0.05, 0) is 25.8 Å². The lowest BCUT2D eigenvalue weighted by Gasteiger charge is -2.24. The summed E-state index contributed by atoms with van der Waals surface area (Å²) in [5, 5.41) is 16.2. The summed E-state index contributed by atoms with van der Waals surface area (Å²) in [6, 6.07) is 0. The Morgan fingerprint density at radius 1 is 1.22 bits per heavy atom. The van der Waals surface area contributed by atoms with Crippen molar-refractivity contribution in [1.82, 2.24) is 10.6 Å². The highest BCUT2D eigenvalue weighted by atomic mass is 16.3. The van der Waals surface area contributed by atoms with E-state index < -0.39 is 5.60 Å². The maximum Gasteiger partial charge on any atom is 0.223 e. The average molecular weight is 254 g/mol. The van der Waals surface area contributed by atoms with E-state index in [1.54, 1.807) is 0 Å². The van der Waals surface area contributed by atoms with Crippen LogP contribution in [0.4, 0.5) is 0 Å². The molecule has 0 bridgehead atoms. The number of aliphatic hydroxyl groups is 1. The van der Waals surface area contributed by atoms with Crippen LogP contribution >= 0.6 is 0 Å². The van der Waals surface area contributed by atoms with E-state index in [9.17, 15) is 9.90 Å². The molecule has 0 aromatic carbocycles. The summed E-state index contributed by atoms with van der Waals surface area (Å²) in [4.78, 5) is 12.1. The number of carbonyl (C=O) groups is 1. The lowest BCUT2D eigenvalue weighted by atomic mass is 9.90. The number of rotatable bonds is 3. The molecule has 1 saturated carbocycles. The first-order valence-corrected chi connectivity index (χ1v) is 7.40. The van der Waals surface area contributed by atoms with Crippen molar-refractivity contribution in [2.24, 2.45) is 5.92 Å². The Bertz CT molecular complexity index is 267. The quantitative estimate of drug-likeness (QED) is 0.709. The Hall–Kier alpha value is -0.610. The zero-order chi connectivity index (χ0) is 12.8. The van der Waals surface area contributed by atoms with E-state index in [4.69, 9.17) is 0 Å². The highest BCUT2D eigenvalue weighted by Gasteiger charge is 2.32. The summed E-state index contributed by atoms with van der Waals surface area (Å²) >= 11 is 0. The van der Waals surface area contributed by atoms with Gasteiger partial charge in [0.15, 0.2) is 0 Å². The Labute approximate surface area is 110 Å². The number of nitrogens with one attached hydrogen (secondary N) is 2. The molecule has 1 aliphatic heterocycles. The Morgan fingerprint density at radius 3 is 2.50 bits per heavy atom. The van der Waals surface area contributed by atoms with Gasteiger partial charge in [-0.3, -0.25) is 4.79 Å². The van der Waals surface area contributed by atoms with Gasteiger partial charge >= 0.3 is 0 Å². The molecule has 0 spiro atoms. The summed E-state index contributed by atoms with van der Waals surface area (Å²) < 4.78 is 0. The number of amides is 1. The summed E-state index contributed by atoms with van der Waals surface area (Å²) in [5.41, 5.74) is -0.725. The van der Waals surface area contributed by atoms with Crippen molar-refractivity contribution >= 4 is 5.91 Å². The van der Waals surface area contributed by atoms with Crippen LogP contribution in [-0.4, -0.2) is 36.2 Å². The zero-order valence-corrected chi connectivity index (χ0v) is 11.2. The topological polar surface area (TPSA) is 61.4 Å². The monoisotopic (exact) mass is 254 g/mol. The number of hydrogen-bond acceptors (Lipinski definition) is 3. The minimum absolute atomic E-state index is 0.150. The molecule has 1 aliphatic carbocycles. The van der Waals surface area contributed by atoms with Gasteiger partial charge in [0.2, 0.25) is 5.91 Å². The van der Waals surface area contributed by atoms with Gasteiger partial charge in [0, 0.05) is 19.0 Å². The number of β-amino-alcohol motifs (C(OH)–C–C–N with tert-alkyl or cyclic N) is 1. The van der Waals surface area contributed by atoms with Crippen LogP contribution < -0.4 is 10.6 Å². The lowest BCUT2D eigenvalue weighted by Crippen LogP contribution is -2.46. The van der Waals surface area contributed by atoms with Crippen LogP contribution in [0.3, 0.4) is 0 Å². The number of carbonyl (C=O) groups excluding carboxylic acids is 1. The van der Waals surface area contributed by atoms with Gasteiger partial charge in [-0.1, -0.05) is 32.1 Å². The second-order valence-electron chi connectivity index (χ2n) is 5.91. The molecule has 104 valence electrons. The van der Waals surface area contributed by atoms with Crippen LogP contribution in [0.5, 0.6) is 0 Å². The Kier molecular flexibility index (Phi) is 5.01. The van der Waals surface area contributed by atoms with Crippen LogP contribution in [0.25, 0.3) is 0 Å². The fourth-order valence-electron chi connectivity index (χ4n) is 3.00. The molecule has 0 aromatic heterocycles. The van der Waals surface area contributed by atoms with E-state index in [1.807, 2.05) is 0 Å². The highest BCUT2D eigenvalue weighted by Crippen LogP contribution is 2.22. The first kappa shape index (κ1) is 13.8. The molecule has 0 aromatic rings. The smallest absolute Gasteiger partial charge is 0.223 e. The predicted octanol–water partition coefficient (Wildman–Crippen LogP) is 1.19. The summed E-state index contributed by atoms with van der Waals surface area (Å²) in [6.45, 7) is 1.84. The molecule has 1 amide bonds. The summed E-state index contributed by atoms with van der Waals surface area (Å²) in [6.07, 6.45) is 8.95. The minimum Gasteiger partial charge on any atom is -0.387 e. The third kappa shape index (κ3) is 3.95. The van der Waals surface area contributed by atoms with Crippen molar-refractivity contribution in [2.45, 2.75) is 57.0 Å². The van der Waals surface area contributed by atoms with Crippen molar-refractivity contribution in [3.63, 3.8) is 0 Å². The van der Waals surface area contributed by atoms with Gasteiger partial charge in [-0.15, -0.1) is 0 Å². The molecular formula is C14H26N2O2. The van der Waals surface area contributed by atoms with Gasteiger partial charge in [-0.2, -0.15) is 0 Å². The van der Waals surface area contributed by atoms with Crippen molar-refractivity contribution in [3.8, 4) is 0 Å². The van der Waals surface area contributed by atoms with E-state index in [-0.39, 0.29) is 11.8 Å². The van der Waals surface area contributed by atoms with Crippen molar-refractivity contribution in [1.29, 1.82) is 0 Å². The maximum atomic E-state index is 12.1. The standard InChI is InChI=1S/C14H26N2O2/c17-13(12-6-4-2-1-3-5-7-12)16-11-14(18)8-9-15-10-14/h12,15,18H,1-11H2,(H,16,17). The second-order valence-corrected chi connectivity index (χ2v) is 5.91. The lowest BCUT2D eigenvalue weighted by molar-refractivity contribution is -0.126. The maximum absolute atomic E-state index is 12.1. The van der Waals surface area contributed by atoms with Crippen LogP contribution in [-0.2, 0) is 4.79 Å². The Morgan fingerprint density at radius 2 is 1.89 bits per heavy atom. The molecule has 3 N–H and O–H groups in total. The van der Waals surface area contributed by atoms with Crippen LogP contribution in [0, 0.1) is 5.92 Å². The van der Waals surface area contributed by atoms with E-state index in [1.165, 1.54) is 32.1 Å². The van der Waals surface area contributed by atoms with E-state index in [0.29, 0.717) is 13.1 Å². The van der Waals surface area contributed by atoms with Crippen molar-refractivity contribution in [2.75, 3.05) is 19.6 Å². The zero-order valence-electron chi connectivity index (χ0n) is 11.2. The van der Waals surface area contributed by atoms with E-state index in [0.717, 1.165) is 25.8 Å². The van der Waals surface area contributed by atoms with Gasteiger partial charge < -0.3 is 15.7 Å². The molecule has 2 aliphatic rings. The van der Waals surface area contributed by atoms with E-state index in [2.05, 4.69) is 10.6 Å². The molecule has 1 atom stereocenters. The van der Waals surface area contributed by atoms with Crippen LogP contribution in [0.1, 0.15) is 51.4 Å². The van der Waals surface area contributed by atoms with Gasteiger partial charge in [0.05, 0.1) is 5.60 Å². The third-order valence-corrected chi connectivity index (χ3v) is 4.29. The molecule has 1 unspecified atom stereocenters. The molecule has 1 heterocycles. The predicted molar refractivity (Wildman–Crippen MR) is 71.3 cm³/mol. The molecule has 18 heavy (non-hydrogen) atoms. The fraction of sp³-hybridized carbons (Fsp3) is 0.929. The molecular weight excluding hydrogens is 228 g/mol. The molecule has 0 radical (unpaired) electrons. The highest BCUT2D eigenvalue weighted by molar-refractivity contribution is 5.78. The van der Waals surface area contributed by atoms with Crippen molar-refractivity contribution in [3.05, 3.63) is 0 Å². The van der Waals surface area contributed by atoms with Crippen LogP contribution in [0.15, 0.2) is 0 Å². The molecule has 1 saturated heterocycles. The molecule has 2 rings (SSSR count). The van der Waals surface area contributed by atoms with Gasteiger partial charge in [0.25, 0.3) is 0 Å². The average Bonchev–Trinajstić information content (AvgIpc) is 2.73. The van der Waals surface area contributed by atoms with E-state index >= 15 is 0 Å². The van der Waals surface area contributed by atoms with Gasteiger partial charge in [0.1, 0.15) is 0 Å². The normalized spacial score (nSPS) is 30.7. The molecule has 4 heteroatoms. The summed E-state index contributed by atoms with van der Waals surface area (Å²) in [7, 11) is 0. The first-order valence-electron chi connectivity index (χ1n) is 7.40. The van der Waals surface area contributed by atoms with Crippen LogP contribution in [0.2, 0.25) is 0 Å². The minimum atomic E-state index is -0.725. The SMILES string of the molecule is O=C(NCC1(O)CCNC1)C1CCCCCCC1. The first-order chi connectivity index (χ1) is 8.70. The Balaban J connectivity index is 1.75.